The van der Waals surface area contributed by atoms with Crippen LogP contribution in [0.1, 0.15) is 65.4 Å². The van der Waals surface area contributed by atoms with E-state index in [-0.39, 0.29) is 54.7 Å². The Morgan fingerprint density at radius 1 is 0.757 bits per heavy atom. The molecule has 212 valence electrons. The fraction of sp³-hybridized carbons (Fsp3) is 0.643. The predicted molar refractivity (Wildman–Crippen MR) is 147 cm³/mol. The first-order chi connectivity index (χ1) is 17.6. The smallest absolute Gasteiger partial charge is 0.308 e. The Hall–Kier alpha value is -2.55. The second-order valence-electron chi connectivity index (χ2n) is 8.53. The van der Waals surface area contributed by atoms with Crippen molar-refractivity contribution in [1.29, 1.82) is 0 Å². The quantitative estimate of drug-likeness (QED) is 0.237. The molecule has 1 aromatic carbocycles. The summed E-state index contributed by atoms with van der Waals surface area (Å²) >= 11 is 1.75. The van der Waals surface area contributed by atoms with Crippen LogP contribution in [0.4, 0.5) is 0 Å². The van der Waals surface area contributed by atoms with Gasteiger partial charge in [0.2, 0.25) is 0 Å². The van der Waals surface area contributed by atoms with Crippen molar-refractivity contribution in [3.8, 4) is 0 Å². The lowest BCUT2D eigenvalue weighted by Crippen LogP contribution is -2.15. The van der Waals surface area contributed by atoms with Gasteiger partial charge in [0.1, 0.15) is 6.61 Å². The molecule has 0 saturated heterocycles. The third kappa shape index (κ3) is 20.2. The monoisotopic (exact) mass is 542 g/mol. The molecule has 0 spiro atoms. The van der Waals surface area contributed by atoms with Crippen molar-refractivity contribution >= 4 is 35.6 Å². The molecule has 9 heteroatoms. The molecular formula is C28H46O8S. The van der Waals surface area contributed by atoms with Gasteiger partial charge in [0.15, 0.2) is 0 Å². The number of esters is 4. The molecule has 0 aliphatic heterocycles. The van der Waals surface area contributed by atoms with Gasteiger partial charge >= 0.3 is 23.9 Å². The second kappa shape index (κ2) is 23.8. The largest absolute Gasteiger partial charge is 0.469 e. The van der Waals surface area contributed by atoms with E-state index in [1.54, 1.807) is 18.7 Å². The maximum atomic E-state index is 11.5. The Bertz CT molecular complexity index is 754. The van der Waals surface area contributed by atoms with Crippen LogP contribution < -0.4 is 0 Å². The summed E-state index contributed by atoms with van der Waals surface area (Å²) in [5, 5.41) is 0. The highest BCUT2D eigenvalue weighted by Crippen LogP contribution is 2.10. The number of hydrogen-bond donors (Lipinski definition) is 0. The van der Waals surface area contributed by atoms with Crippen LogP contribution in [0.3, 0.4) is 0 Å². The molecule has 0 saturated carbocycles. The summed E-state index contributed by atoms with van der Waals surface area (Å²) in [4.78, 5) is 44.1. The van der Waals surface area contributed by atoms with E-state index >= 15 is 0 Å². The summed E-state index contributed by atoms with van der Waals surface area (Å²) in [7, 11) is 4.19. The molecule has 0 fully saturated rings. The number of thioether (sulfide) groups is 1. The van der Waals surface area contributed by atoms with Gasteiger partial charge in [0.25, 0.3) is 0 Å². The third-order valence-electron chi connectivity index (χ3n) is 5.31. The number of carbonyl (C=O) groups excluding carboxylic acids is 4. The van der Waals surface area contributed by atoms with Crippen LogP contribution in [0.5, 0.6) is 0 Å². The van der Waals surface area contributed by atoms with Crippen LogP contribution in [0.2, 0.25) is 0 Å². The SMILES string of the molecule is CCCC(C)C(=O)OC.COC(=O)C(C)CCC(=O)OCc1ccccc1.COC(=O)C(C)CCSC. The first kappa shape index (κ1) is 36.6. The maximum Gasteiger partial charge on any atom is 0.308 e. The van der Waals surface area contributed by atoms with Gasteiger partial charge in [-0.1, -0.05) is 64.4 Å². The lowest BCUT2D eigenvalue weighted by molar-refractivity contribution is -0.148. The van der Waals surface area contributed by atoms with Gasteiger partial charge < -0.3 is 18.9 Å². The zero-order valence-corrected chi connectivity index (χ0v) is 24.6. The summed E-state index contributed by atoms with van der Waals surface area (Å²) in [6.07, 6.45) is 5.57. The molecule has 37 heavy (non-hydrogen) atoms. The minimum Gasteiger partial charge on any atom is -0.469 e. The summed E-state index contributed by atoms with van der Waals surface area (Å²) in [5.41, 5.74) is 0.951. The van der Waals surface area contributed by atoms with Crippen LogP contribution in [0.25, 0.3) is 0 Å². The molecule has 3 unspecified atom stereocenters. The minimum atomic E-state index is -0.300. The Kier molecular flexibility index (Phi) is 23.6. The number of rotatable bonds is 13. The van der Waals surface area contributed by atoms with E-state index in [1.807, 2.05) is 50.4 Å². The van der Waals surface area contributed by atoms with Crippen molar-refractivity contribution in [2.45, 2.75) is 66.4 Å². The number of ether oxygens (including phenoxy) is 4. The van der Waals surface area contributed by atoms with Crippen LogP contribution in [0, 0.1) is 17.8 Å². The number of carbonyl (C=O) groups is 4. The highest BCUT2D eigenvalue weighted by molar-refractivity contribution is 7.98. The third-order valence-corrected chi connectivity index (χ3v) is 5.96. The van der Waals surface area contributed by atoms with Crippen molar-refractivity contribution in [3.63, 3.8) is 0 Å². The molecule has 0 radical (unpaired) electrons. The van der Waals surface area contributed by atoms with Gasteiger partial charge in [-0.05, 0) is 36.8 Å². The van der Waals surface area contributed by atoms with Crippen LogP contribution >= 0.6 is 11.8 Å². The minimum absolute atomic E-state index is 0.0532. The number of benzene rings is 1. The first-order valence-electron chi connectivity index (χ1n) is 12.5. The molecule has 0 aliphatic rings. The summed E-state index contributed by atoms with van der Waals surface area (Å²) in [6.45, 7) is 7.83. The van der Waals surface area contributed by atoms with Gasteiger partial charge in [0, 0.05) is 6.42 Å². The highest BCUT2D eigenvalue weighted by atomic mass is 32.2. The van der Waals surface area contributed by atoms with E-state index in [0.29, 0.717) is 6.42 Å². The van der Waals surface area contributed by atoms with Gasteiger partial charge in [0.05, 0.1) is 39.1 Å². The van der Waals surface area contributed by atoms with E-state index in [0.717, 1.165) is 30.6 Å². The molecule has 0 bridgehead atoms. The highest BCUT2D eigenvalue weighted by Gasteiger charge is 2.15. The topological polar surface area (TPSA) is 105 Å². The molecule has 0 aliphatic carbocycles. The predicted octanol–water partition coefficient (Wildman–Crippen LogP) is 5.46. The fourth-order valence-corrected chi connectivity index (χ4v) is 3.42. The molecule has 1 rings (SSSR count). The zero-order valence-electron chi connectivity index (χ0n) is 23.7. The lowest BCUT2D eigenvalue weighted by atomic mass is 10.1. The van der Waals surface area contributed by atoms with E-state index in [4.69, 9.17) is 4.74 Å². The van der Waals surface area contributed by atoms with Gasteiger partial charge in [-0.15, -0.1) is 0 Å². The van der Waals surface area contributed by atoms with E-state index < -0.39 is 0 Å². The van der Waals surface area contributed by atoms with Crippen molar-refractivity contribution < 1.29 is 38.1 Å². The molecule has 3 atom stereocenters. The van der Waals surface area contributed by atoms with E-state index in [2.05, 4.69) is 21.1 Å². The number of hydrogen-bond acceptors (Lipinski definition) is 9. The van der Waals surface area contributed by atoms with Crippen molar-refractivity contribution in [3.05, 3.63) is 35.9 Å². The Morgan fingerprint density at radius 3 is 1.65 bits per heavy atom. The Labute approximate surface area is 227 Å². The Balaban J connectivity index is 0. The molecule has 0 N–H and O–H groups in total. The van der Waals surface area contributed by atoms with Crippen LogP contribution in [-0.2, 0) is 44.7 Å². The van der Waals surface area contributed by atoms with Gasteiger partial charge in [-0.25, -0.2) is 0 Å². The lowest BCUT2D eigenvalue weighted by Gasteiger charge is -2.08. The molecule has 8 nitrogen and oxygen atoms in total. The van der Waals surface area contributed by atoms with E-state index in [9.17, 15) is 19.2 Å². The fourth-order valence-electron chi connectivity index (χ4n) is 2.83. The molecule has 1 aromatic rings. The molecular weight excluding hydrogens is 496 g/mol. The Morgan fingerprint density at radius 2 is 1.22 bits per heavy atom. The second-order valence-corrected chi connectivity index (χ2v) is 9.51. The van der Waals surface area contributed by atoms with E-state index in [1.165, 1.54) is 21.3 Å². The maximum absolute atomic E-state index is 11.5. The van der Waals surface area contributed by atoms with Gasteiger partial charge in [-0.3, -0.25) is 19.2 Å². The number of methoxy groups -OCH3 is 3. The van der Waals surface area contributed by atoms with Crippen molar-refractivity contribution in [2.75, 3.05) is 33.3 Å². The zero-order chi connectivity index (χ0) is 28.6. The van der Waals surface area contributed by atoms with Crippen molar-refractivity contribution in [1.82, 2.24) is 0 Å². The normalized spacial score (nSPS) is 12.2. The standard InChI is InChI=1S/C14H18O4.C7H14O2S.C7H14O2/c1-11(14(16)17-2)8-9-13(15)18-10-12-6-4-3-5-7-12;1-6(4-5-10-3)7(8)9-2;1-4-5-6(2)7(8)9-3/h3-7,11H,8-10H2,1-2H3;6H,4-5H2,1-3H3;6H,4-5H2,1-3H3. The molecule has 0 amide bonds. The summed E-state index contributed by atoms with van der Waals surface area (Å²) in [6, 6.07) is 9.48. The van der Waals surface area contributed by atoms with Gasteiger partial charge in [-0.2, -0.15) is 11.8 Å². The van der Waals surface area contributed by atoms with Crippen molar-refractivity contribution in [2.24, 2.45) is 17.8 Å². The summed E-state index contributed by atoms with van der Waals surface area (Å²) in [5.74, 6) is 0.0686. The molecule has 0 heterocycles. The average molecular weight is 543 g/mol. The van der Waals surface area contributed by atoms with Crippen LogP contribution in [0.15, 0.2) is 30.3 Å². The first-order valence-corrected chi connectivity index (χ1v) is 13.9. The molecule has 0 aromatic heterocycles. The van der Waals surface area contributed by atoms with Crippen LogP contribution in [-0.4, -0.2) is 57.2 Å². The average Bonchev–Trinajstić information content (AvgIpc) is 2.93. The summed E-state index contributed by atoms with van der Waals surface area (Å²) < 4.78 is 18.8.